The quantitative estimate of drug-likeness (QED) is 0.557. The van der Waals surface area contributed by atoms with Crippen molar-refractivity contribution in [3.05, 3.63) is 84.2 Å². The molecule has 0 fully saturated rings. The summed E-state index contributed by atoms with van der Waals surface area (Å²) >= 11 is 0. The maximum Gasteiger partial charge on any atom is 0.119 e. The van der Waals surface area contributed by atoms with Crippen LogP contribution in [0.3, 0.4) is 0 Å². The lowest BCUT2D eigenvalue weighted by Crippen LogP contribution is -1.99. The molecule has 0 aliphatic rings. The van der Waals surface area contributed by atoms with Gasteiger partial charge >= 0.3 is 0 Å². The average Bonchev–Trinajstić information content (AvgIpc) is 3.11. The molecule has 4 aromatic rings. The van der Waals surface area contributed by atoms with E-state index >= 15 is 0 Å². The first kappa shape index (κ1) is 16.2. The molecule has 0 bridgehead atoms. The van der Waals surface area contributed by atoms with Crippen molar-refractivity contribution in [1.82, 2.24) is 9.55 Å². The molecule has 0 aliphatic heterocycles. The number of nitrogens with one attached hydrogen (secondary N) is 1. The fourth-order valence-electron chi connectivity index (χ4n) is 2.98. The fraction of sp³-hybridized carbons (Fsp3) is 0.136. The Hall–Kier alpha value is -3.27. The number of rotatable bonds is 5. The van der Waals surface area contributed by atoms with Crippen LogP contribution in [0.4, 0.5) is 5.69 Å². The lowest BCUT2D eigenvalue weighted by molar-refractivity contribution is 0.415. The zero-order valence-corrected chi connectivity index (χ0v) is 14.9. The summed E-state index contributed by atoms with van der Waals surface area (Å²) in [6.45, 7) is 2.90. The predicted octanol–water partition coefficient (Wildman–Crippen LogP) is 4.95. The van der Waals surface area contributed by atoms with Crippen molar-refractivity contribution < 1.29 is 4.74 Å². The third-order valence-corrected chi connectivity index (χ3v) is 4.52. The van der Waals surface area contributed by atoms with Crippen LogP contribution in [0.2, 0.25) is 0 Å². The van der Waals surface area contributed by atoms with E-state index in [0.717, 1.165) is 34.7 Å². The van der Waals surface area contributed by atoms with E-state index in [0.29, 0.717) is 0 Å². The maximum atomic E-state index is 5.23. The number of aromatic nitrogens is 2. The highest BCUT2D eigenvalue weighted by molar-refractivity contribution is 5.81. The van der Waals surface area contributed by atoms with Gasteiger partial charge in [0.2, 0.25) is 0 Å². The minimum Gasteiger partial charge on any atom is -0.497 e. The van der Waals surface area contributed by atoms with Gasteiger partial charge in [-0.1, -0.05) is 29.8 Å². The molecule has 4 rings (SSSR count). The second-order valence-electron chi connectivity index (χ2n) is 6.36. The van der Waals surface area contributed by atoms with E-state index in [1.54, 1.807) is 7.11 Å². The van der Waals surface area contributed by atoms with Crippen LogP contribution >= 0.6 is 0 Å². The van der Waals surface area contributed by atoms with Gasteiger partial charge < -0.3 is 10.1 Å². The van der Waals surface area contributed by atoms with Crippen LogP contribution in [0.1, 0.15) is 11.1 Å². The van der Waals surface area contributed by atoms with Gasteiger partial charge in [0.25, 0.3) is 0 Å². The lowest BCUT2D eigenvalue weighted by atomic mass is 10.1. The number of anilines is 1. The Kier molecular flexibility index (Phi) is 4.32. The summed E-state index contributed by atoms with van der Waals surface area (Å²) in [5.41, 5.74) is 6.72. The molecule has 1 N–H and O–H groups in total. The largest absolute Gasteiger partial charge is 0.497 e. The first-order valence-electron chi connectivity index (χ1n) is 8.64. The van der Waals surface area contributed by atoms with Crippen molar-refractivity contribution in [2.24, 2.45) is 0 Å². The Morgan fingerprint density at radius 2 is 1.73 bits per heavy atom. The SMILES string of the molecule is COc1ccc(-n2cnc3cc(NCc4ccc(C)cc4)ccc32)cc1. The van der Waals surface area contributed by atoms with Gasteiger partial charge in [0, 0.05) is 17.9 Å². The number of hydrogen-bond acceptors (Lipinski definition) is 3. The number of ether oxygens (including phenoxy) is 1. The highest BCUT2D eigenvalue weighted by Gasteiger charge is 2.06. The Labute approximate surface area is 153 Å². The van der Waals surface area contributed by atoms with Gasteiger partial charge in [0.05, 0.1) is 18.1 Å². The van der Waals surface area contributed by atoms with Crippen LogP contribution in [-0.2, 0) is 6.54 Å². The molecule has 3 aromatic carbocycles. The second kappa shape index (κ2) is 6.92. The van der Waals surface area contributed by atoms with Crippen molar-refractivity contribution in [2.45, 2.75) is 13.5 Å². The molecule has 0 unspecified atom stereocenters. The topological polar surface area (TPSA) is 39.1 Å². The van der Waals surface area contributed by atoms with Crippen molar-refractivity contribution in [3.8, 4) is 11.4 Å². The molecule has 4 nitrogen and oxygen atoms in total. The van der Waals surface area contributed by atoms with Gasteiger partial charge in [-0.25, -0.2) is 4.98 Å². The number of imidazole rings is 1. The molecular formula is C22H21N3O. The Balaban J connectivity index is 1.55. The van der Waals surface area contributed by atoms with E-state index in [1.165, 1.54) is 11.1 Å². The molecule has 0 atom stereocenters. The molecule has 0 spiro atoms. The minimum absolute atomic E-state index is 0.797. The summed E-state index contributed by atoms with van der Waals surface area (Å²) in [4.78, 5) is 4.56. The molecule has 0 aliphatic carbocycles. The molecule has 0 saturated carbocycles. The van der Waals surface area contributed by atoms with Crippen molar-refractivity contribution >= 4 is 16.7 Å². The van der Waals surface area contributed by atoms with E-state index in [2.05, 4.69) is 64.3 Å². The molecule has 130 valence electrons. The molecular weight excluding hydrogens is 322 g/mol. The Morgan fingerprint density at radius 3 is 2.46 bits per heavy atom. The molecule has 0 radical (unpaired) electrons. The summed E-state index contributed by atoms with van der Waals surface area (Å²) < 4.78 is 7.31. The maximum absolute atomic E-state index is 5.23. The standard InChI is InChI=1S/C22H21N3O/c1-16-3-5-17(6-4-16)14-23-18-7-12-22-21(13-18)24-15-25(22)19-8-10-20(26-2)11-9-19/h3-13,15,23H,14H2,1-2H3. The summed E-state index contributed by atoms with van der Waals surface area (Å²) in [7, 11) is 1.67. The van der Waals surface area contributed by atoms with Gasteiger partial charge in [-0.05, 0) is 55.0 Å². The number of fused-ring (bicyclic) bond motifs is 1. The van der Waals surface area contributed by atoms with Crippen LogP contribution in [-0.4, -0.2) is 16.7 Å². The molecule has 0 amide bonds. The number of nitrogens with zero attached hydrogens (tertiary/aromatic N) is 2. The van der Waals surface area contributed by atoms with Crippen molar-refractivity contribution in [2.75, 3.05) is 12.4 Å². The summed E-state index contributed by atoms with van der Waals surface area (Å²) in [5.74, 6) is 0.848. The van der Waals surface area contributed by atoms with E-state index in [9.17, 15) is 0 Å². The van der Waals surface area contributed by atoms with E-state index < -0.39 is 0 Å². The van der Waals surface area contributed by atoms with Crippen LogP contribution in [0.15, 0.2) is 73.1 Å². The van der Waals surface area contributed by atoms with Gasteiger partial charge in [0.15, 0.2) is 0 Å². The zero-order chi connectivity index (χ0) is 17.9. The Morgan fingerprint density at radius 1 is 0.962 bits per heavy atom. The number of hydrogen-bond donors (Lipinski definition) is 1. The minimum atomic E-state index is 0.797. The summed E-state index contributed by atoms with van der Waals surface area (Å²) in [5, 5.41) is 3.47. The molecule has 26 heavy (non-hydrogen) atoms. The van der Waals surface area contributed by atoms with E-state index in [4.69, 9.17) is 4.74 Å². The number of aryl methyl sites for hydroxylation is 1. The van der Waals surface area contributed by atoms with Gasteiger partial charge in [-0.3, -0.25) is 4.57 Å². The van der Waals surface area contributed by atoms with Gasteiger partial charge in [0.1, 0.15) is 12.1 Å². The first-order valence-corrected chi connectivity index (χ1v) is 8.64. The molecule has 1 aromatic heterocycles. The summed E-state index contributed by atoms with van der Waals surface area (Å²) in [6, 6.07) is 22.8. The normalized spacial score (nSPS) is 10.8. The Bertz CT molecular complexity index is 1020. The second-order valence-corrected chi connectivity index (χ2v) is 6.36. The fourth-order valence-corrected chi connectivity index (χ4v) is 2.98. The predicted molar refractivity (Wildman–Crippen MR) is 106 cm³/mol. The van der Waals surface area contributed by atoms with Gasteiger partial charge in [-0.15, -0.1) is 0 Å². The van der Waals surface area contributed by atoms with Gasteiger partial charge in [-0.2, -0.15) is 0 Å². The number of benzene rings is 3. The number of methoxy groups -OCH3 is 1. The lowest BCUT2D eigenvalue weighted by Gasteiger charge is -2.08. The van der Waals surface area contributed by atoms with Crippen LogP contribution in [0.5, 0.6) is 5.75 Å². The summed E-state index contributed by atoms with van der Waals surface area (Å²) in [6.07, 6.45) is 1.86. The monoisotopic (exact) mass is 343 g/mol. The van der Waals surface area contributed by atoms with E-state index in [1.807, 2.05) is 30.6 Å². The highest BCUT2D eigenvalue weighted by Crippen LogP contribution is 2.23. The average molecular weight is 343 g/mol. The van der Waals surface area contributed by atoms with Crippen LogP contribution in [0.25, 0.3) is 16.7 Å². The molecule has 0 saturated heterocycles. The molecule has 4 heteroatoms. The van der Waals surface area contributed by atoms with Crippen molar-refractivity contribution in [1.29, 1.82) is 0 Å². The van der Waals surface area contributed by atoms with Crippen LogP contribution < -0.4 is 10.1 Å². The van der Waals surface area contributed by atoms with Crippen molar-refractivity contribution in [3.63, 3.8) is 0 Å². The van der Waals surface area contributed by atoms with Crippen LogP contribution in [0, 0.1) is 6.92 Å². The third kappa shape index (κ3) is 3.26. The third-order valence-electron chi connectivity index (χ3n) is 4.52. The first-order chi connectivity index (χ1) is 12.7. The van der Waals surface area contributed by atoms with E-state index in [-0.39, 0.29) is 0 Å². The zero-order valence-electron chi connectivity index (χ0n) is 14.9. The highest BCUT2D eigenvalue weighted by atomic mass is 16.5. The molecule has 1 heterocycles. The smallest absolute Gasteiger partial charge is 0.119 e.